The van der Waals surface area contributed by atoms with Gasteiger partial charge in [-0.05, 0) is 26.7 Å². The van der Waals surface area contributed by atoms with Crippen LogP contribution in [0.4, 0.5) is 0 Å². The van der Waals surface area contributed by atoms with Crippen molar-refractivity contribution in [2.24, 2.45) is 0 Å². The van der Waals surface area contributed by atoms with E-state index in [4.69, 9.17) is 9.47 Å². The normalized spacial score (nSPS) is 18.9. The van der Waals surface area contributed by atoms with E-state index in [2.05, 4.69) is 9.97 Å². The SMILES string of the molecule is CCOCC(=O)N1CCCC(Oc2ccnc(C)n2)C1. The molecule has 110 valence electrons. The van der Waals surface area contributed by atoms with Crippen molar-refractivity contribution < 1.29 is 14.3 Å². The highest BCUT2D eigenvalue weighted by Crippen LogP contribution is 2.16. The summed E-state index contributed by atoms with van der Waals surface area (Å²) in [4.78, 5) is 22.0. The van der Waals surface area contributed by atoms with Crippen molar-refractivity contribution in [3.8, 4) is 5.88 Å². The van der Waals surface area contributed by atoms with E-state index in [1.165, 1.54) is 0 Å². The lowest BCUT2D eigenvalue weighted by Crippen LogP contribution is -2.45. The highest BCUT2D eigenvalue weighted by Gasteiger charge is 2.25. The second-order valence-electron chi connectivity index (χ2n) is 4.80. The fraction of sp³-hybridized carbons (Fsp3) is 0.643. The van der Waals surface area contributed by atoms with Crippen LogP contribution in [0.2, 0.25) is 0 Å². The van der Waals surface area contributed by atoms with Gasteiger partial charge in [0.25, 0.3) is 0 Å². The molecule has 1 unspecified atom stereocenters. The Hall–Kier alpha value is -1.69. The second kappa shape index (κ2) is 7.19. The van der Waals surface area contributed by atoms with E-state index in [1.807, 2.05) is 13.8 Å². The number of carbonyl (C=O) groups excluding carboxylic acids is 1. The predicted molar refractivity (Wildman–Crippen MR) is 73.5 cm³/mol. The van der Waals surface area contributed by atoms with E-state index in [0.717, 1.165) is 19.4 Å². The summed E-state index contributed by atoms with van der Waals surface area (Å²) in [6.45, 7) is 5.78. The molecule has 1 aromatic rings. The Balaban J connectivity index is 1.88. The number of ether oxygens (including phenoxy) is 2. The lowest BCUT2D eigenvalue weighted by atomic mass is 10.1. The number of rotatable bonds is 5. The average molecular weight is 279 g/mol. The zero-order valence-corrected chi connectivity index (χ0v) is 12.0. The number of hydrogen-bond acceptors (Lipinski definition) is 5. The van der Waals surface area contributed by atoms with Crippen molar-refractivity contribution in [3.05, 3.63) is 18.1 Å². The third kappa shape index (κ3) is 4.16. The third-order valence-electron chi connectivity index (χ3n) is 3.20. The Morgan fingerprint density at radius 2 is 2.40 bits per heavy atom. The van der Waals surface area contributed by atoms with Gasteiger partial charge in [-0.3, -0.25) is 4.79 Å². The number of piperidine rings is 1. The summed E-state index contributed by atoms with van der Waals surface area (Å²) in [5.74, 6) is 1.28. The first-order valence-electron chi connectivity index (χ1n) is 7.01. The first kappa shape index (κ1) is 14.7. The van der Waals surface area contributed by atoms with Crippen LogP contribution in [0.1, 0.15) is 25.6 Å². The molecule has 1 fully saturated rings. The maximum Gasteiger partial charge on any atom is 0.248 e. The quantitative estimate of drug-likeness (QED) is 0.810. The smallest absolute Gasteiger partial charge is 0.248 e. The highest BCUT2D eigenvalue weighted by atomic mass is 16.5. The van der Waals surface area contributed by atoms with Crippen LogP contribution in [0.25, 0.3) is 0 Å². The largest absolute Gasteiger partial charge is 0.472 e. The van der Waals surface area contributed by atoms with Gasteiger partial charge in [-0.15, -0.1) is 0 Å². The summed E-state index contributed by atoms with van der Waals surface area (Å²) in [7, 11) is 0. The van der Waals surface area contributed by atoms with Gasteiger partial charge < -0.3 is 14.4 Å². The molecule has 0 spiro atoms. The van der Waals surface area contributed by atoms with Crippen LogP contribution >= 0.6 is 0 Å². The first-order chi connectivity index (χ1) is 9.69. The Morgan fingerprint density at radius 3 is 3.15 bits per heavy atom. The van der Waals surface area contributed by atoms with E-state index in [0.29, 0.717) is 24.9 Å². The molecule has 1 aromatic heterocycles. The molecular weight excluding hydrogens is 258 g/mol. The Bertz CT molecular complexity index is 453. The topological polar surface area (TPSA) is 64.5 Å². The zero-order valence-electron chi connectivity index (χ0n) is 12.0. The van der Waals surface area contributed by atoms with Crippen LogP contribution in [-0.4, -0.2) is 53.2 Å². The molecule has 20 heavy (non-hydrogen) atoms. The number of amides is 1. The lowest BCUT2D eigenvalue weighted by molar-refractivity contribution is -0.138. The Kier molecular flexibility index (Phi) is 5.29. The van der Waals surface area contributed by atoms with Gasteiger partial charge in [0.1, 0.15) is 18.5 Å². The van der Waals surface area contributed by atoms with E-state index < -0.39 is 0 Å². The van der Waals surface area contributed by atoms with Crippen LogP contribution < -0.4 is 4.74 Å². The predicted octanol–water partition coefficient (Wildman–Crippen LogP) is 1.19. The molecule has 2 heterocycles. The number of nitrogens with zero attached hydrogens (tertiary/aromatic N) is 3. The number of likely N-dealkylation sites (tertiary alicyclic amines) is 1. The van der Waals surface area contributed by atoms with E-state index in [-0.39, 0.29) is 18.6 Å². The maximum absolute atomic E-state index is 11.9. The molecular formula is C14H21N3O3. The van der Waals surface area contributed by atoms with Crippen LogP contribution in [0.15, 0.2) is 12.3 Å². The molecule has 6 nitrogen and oxygen atoms in total. The van der Waals surface area contributed by atoms with Gasteiger partial charge in [-0.25, -0.2) is 4.98 Å². The van der Waals surface area contributed by atoms with Gasteiger partial charge in [-0.1, -0.05) is 0 Å². The summed E-state index contributed by atoms with van der Waals surface area (Å²) in [6, 6.07) is 1.74. The van der Waals surface area contributed by atoms with Gasteiger partial charge in [0, 0.05) is 25.4 Å². The molecule has 0 bridgehead atoms. The molecule has 1 aliphatic heterocycles. The van der Waals surface area contributed by atoms with Crippen molar-refractivity contribution in [3.63, 3.8) is 0 Å². The van der Waals surface area contributed by atoms with Crippen LogP contribution in [0.5, 0.6) is 5.88 Å². The Labute approximate surface area is 119 Å². The van der Waals surface area contributed by atoms with Gasteiger partial charge in [-0.2, -0.15) is 4.98 Å². The number of aromatic nitrogens is 2. The minimum atomic E-state index is -0.0105. The lowest BCUT2D eigenvalue weighted by Gasteiger charge is -2.32. The summed E-state index contributed by atoms with van der Waals surface area (Å²) in [5.41, 5.74) is 0. The molecule has 0 N–H and O–H groups in total. The molecule has 0 aromatic carbocycles. The first-order valence-corrected chi connectivity index (χ1v) is 7.01. The van der Waals surface area contributed by atoms with Gasteiger partial charge in [0.15, 0.2) is 0 Å². The fourth-order valence-corrected chi connectivity index (χ4v) is 2.21. The molecule has 0 saturated carbocycles. The monoisotopic (exact) mass is 279 g/mol. The van der Waals surface area contributed by atoms with Crippen molar-refractivity contribution >= 4 is 5.91 Å². The van der Waals surface area contributed by atoms with Crippen molar-refractivity contribution in [2.45, 2.75) is 32.8 Å². The van der Waals surface area contributed by atoms with Gasteiger partial charge in [0.2, 0.25) is 11.8 Å². The highest BCUT2D eigenvalue weighted by molar-refractivity contribution is 5.77. The van der Waals surface area contributed by atoms with Crippen molar-refractivity contribution in [1.29, 1.82) is 0 Å². The summed E-state index contributed by atoms with van der Waals surface area (Å²) < 4.78 is 11.0. The standard InChI is InChI=1S/C14H21N3O3/c1-3-19-10-14(18)17-8-4-5-12(9-17)20-13-6-7-15-11(2)16-13/h6-7,12H,3-5,8-10H2,1-2H3. The number of aryl methyl sites for hydroxylation is 1. The molecule has 0 aliphatic carbocycles. The van der Waals surface area contributed by atoms with E-state index >= 15 is 0 Å². The van der Waals surface area contributed by atoms with Gasteiger partial charge >= 0.3 is 0 Å². The molecule has 6 heteroatoms. The van der Waals surface area contributed by atoms with Crippen molar-refractivity contribution in [2.75, 3.05) is 26.3 Å². The molecule has 2 rings (SSSR count). The van der Waals surface area contributed by atoms with E-state index in [1.54, 1.807) is 17.2 Å². The summed E-state index contributed by atoms with van der Waals surface area (Å²) >= 11 is 0. The molecule has 1 amide bonds. The van der Waals surface area contributed by atoms with Crippen molar-refractivity contribution in [1.82, 2.24) is 14.9 Å². The second-order valence-corrected chi connectivity index (χ2v) is 4.80. The maximum atomic E-state index is 11.9. The van der Waals surface area contributed by atoms with Gasteiger partial charge in [0.05, 0.1) is 6.54 Å². The summed E-state index contributed by atoms with van der Waals surface area (Å²) in [5, 5.41) is 0. The van der Waals surface area contributed by atoms with Crippen LogP contribution in [0, 0.1) is 6.92 Å². The van der Waals surface area contributed by atoms with E-state index in [9.17, 15) is 4.79 Å². The zero-order chi connectivity index (χ0) is 14.4. The average Bonchev–Trinajstić information content (AvgIpc) is 2.45. The molecule has 1 atom stereocenters. The molecule has 1 aliphatic rings. The van der Waals surface area contributed by atoms with Crippen LogP contribution in [-0.2, 0) is 9.53 Å². The minimum Gasteiger partial charge on any atom is -0.472 e. The number of carbonyl (C=O) groups is 1. The molecule has 1 saturated heterocycles. The fourth-order valence-electron chi connectivity index (χ4n) is 2.21. The Morgan fingerprint density at radius 1 is 1.55 bits per heavy atom. The minimum absolute atomic E-state index is 0.0105. The summed E-state index contributed by atoms with van der Waals surface area (Å²) in [6.07, 6.45) is 3.54. The van der Waals surface area contributed by atoms with Crippen LogP contribution in [0.3, 0.4) is 0 Å². The third-order valence-corrected chi connectivity index (χ3v) is 3.20. The molecule has 0 radical (unpaired) electrons. The number of hydrogen-bond donors (Lipinski definition) is 0.